The van der Waals surface area contributed by atoms with Crippen molar-refractivity contribution in [3.05, 3.63) is 0 Å². The summed E-state index contributed by atoms with van der Waals surface area (Å²) in [5, 5.41) is 17.1. The first-order valence-electron chi connectivity index (χ1n) is 4.27. The fraction of sp³-hybridized carbons (Fsp3) is 1.00. The number of hydrogen-bond donors (Lipinski definition) is 3. The smallest absolute Gasteiger partial charge is 0.0434 e. The van der Waals surface area contributed by atoms with Crippen LogP contribution in [0.5, 0.6) is 0 Å². The molecule has 68 valence electrons. The second kappa shape index (κ2) is 7.98. The van der Waals surface area contributed by atoms with Gasteiger partial charge in [0.2, 0.25) is 0 Å². The molecule has 0 rings (SSSR count). The van der Waals surface area contributed by atoms with Crippen LogP contribution in [0.1, 0.15) is 25.7 Å². The Morgan fingerprint density at radius 3 is 2.18 bits per heavy atom. The van der Waals surface area contributed by atoms with Crippen molar-refractivity contribution in [2.45, 2.75) is 25.7 Å². The van der Waals surface area contributed by atoms with Crippen LogP contribution in [-0.2, 0) is 0 Å². The van der Waals surface area contributed by atoms with Gasteiger partial charge in [-0.3, -0.25) is 0 Å². The van der Waals surface area contributed by atoms with Crippen molar-refractivity contribution < 1.29 is 10.2 Å². The van der Waals surface area contributed by atoms with E-state index in [9.17, 15) is 0 Å². The van der Waals surface area contributed by atoms with Gasteiger partial charge in [0.05, 0.1) is 0 Å². The molecule has 0 aliphatic rings. The third-order valence-corrected chi connectivity index (χ3v) is 1.89. The minimum atomic E-state index is 0.223. The van der Waals surface area contributed by atoms with E-state index in [0.29, 0.717) is 12.5 Å². The molecule has 3 nitrogen and oxygen atoms in total. The van der Waals surface area contributed by atoms with E-state index >= 15 is 0 Å². The van der Waals surface area contributed by atoms with E-state index in [1.54, 1.807) is 0 Å². The maximum atomic E-state index is 8.62. The first-order chi connectivity index (χ1) is 5.35. The van der Waals surface area contributed by atoms with Gasteiger partial charge in [-0.2, -0.15) is 0 Å². The zero-order valence-electron chi connectivity index (χ0n) is 7.00. The molecule has 11 heavy (non-hydrogen) atoms. The Labute approximate surface area is 68.2 Å². The molecule has 0 aromatic carbocycles. The van der Waals surface area contributed by atoms with Crippen molar-refractivity contribution in [2.24, 2.45) is 11.7 Å². The van der Waals surface area contributed by atoms with E-state index < -0.39 is 0 Å². The lowest BCUT2D eigenvalue weighted by molar-refractivity contribution is 0.244. The molecular formula is C8H19NO2. The summed E-state index contributed by atoms with van der Waals surface area (Å²) in [4.78, 5) is 0. The maximum absolute atomic E-state index is 8.62. The molecule has 0 aromatic rings. The Morgan fingerprint density at radius 2 is 1.73 bits per heavy atom. The van der Waals surface area contributed by atoms with E-state index in [2.05, 4.69) is 0 Å². The quantitative estimate of drug-likeness (QED) is 0.464. The number of nitrogens with two attached hydrogens (primary N) is 1. The Kier molecular flexibility index (Phi) is 7.89. The highest BCUT2D eigenvalue weighted by Gasteiger charge is 2.04. The van der Waals surface area contributed by atoms with Crippen LogP contribution in [0.2, 0.25) is 0 Å². The predicted molar refractivity (Wildman–Crippen MR) is 45.2 cm³/mol. The summed E-state index contributed by atoms with van der Waals surface area (Å²) in [6.45, 7) is 1.13. The highest BCUT2D eigenvalue weighted by Crippen LogP contribution is 2.10. The average Bonchev–Trinajstić information content (AvgIpc) is 2.03. The van der Waals surface area contributed by atoms with Crippen LogP contribution < -0.4 is 5.73 Å². The second-order valence-corrected chi connectivity index (χ2v) is 2.83. The van der Waals surface area contributed by atoms with Crippen molar-refractivity contribution in [1.82, 2.24) is 0 Å². The lowest BCUT2D eigenvalue weighted by atomic mass is 9.99. The molecule has 3 heteroatoms. The van der Waals surface area contributed by atoms with Crippen LogP contribution in [0.3, 0.4) is 0 Å². The largest absolute Gasteiger partial charge is 0.396 e. The topological polar surface area (TPSA) is 66.5 Å². The molecule has 0 aliphatic carbocycles. The lowest BCUT2D eigenvalue weighted by Gasteiger charge is -2.11. The summed E-state index contributed by atoms with van der Waals surface area (Å²) in [5.41, 5.74) is 5.47. The highest BCUT2D eigenvalue weighted by molar-refractivity contribution is 4.59. The number of hydrogen-bond acceptors (Lipinski definition) is 3. The second-order valence-electron chi connectivity index (χ2n) is 2.83. The van der Waals surface area contributed by atoms with Gasteiger partial charge in [0.1, 0.15) is 0 Å². The molecule has 0 aliphatic heterocycles. The van der Waals surface area contributed by atoms with Gasteiger partial charge in [0.25, 0.3) is 0 Å². The minimum absolute atomic E-state index is 0.223. The Hall–Kier alpha value is -0.120. The molecule has 0 radical (unpaired) electrons. The SMILES string of the molecule is NCC(CCO)CCCCO. The van der Waals surface area contributed by atoms with Gasteiger partial charge in [0.15, 0.2) is 0 Å². The average molecular weight is 161 g/mol. The normalized spacial score (nSPS) is 13.4. The summed E-state index contributed by atoms with van der Waals surface area (Å²) >= 11 is 0. The summed E-state index contributed by atoms with van der Waals surface area (Å²) in [7, 11) is 0. The summed E-state index contributed by atoms with van der Waals surface area (Å²) in [6.07, 6.45) is 3.68. The van der Waals surface area contributed by atoms with Crippen molar-refractivity contribution in [2.75, 3.05) is 19.8 Å². The number of aliphatic hydroxyl groups excluding tert-OH is 2. The molecule has 0 fully saturated rings. The summed E-state index contributed by atoms with van der Waals surface area (Å²) < 4.78 is 0. The molecule has 4 N–H and O–H groups in total. The Balaban J connectivity index is 3.20. The van der Waals surface area contributed by atoms with Gasteiger partial charge in [-0.25, -0.2) is 0 Å². The van der Waals surface area contributed by atoms with Crippen LogP contribution in [0.25, 0.3) is 0 Å². The molecule has 1 unspecified atom stereocenters. The third kappa shape index (κ3) is 6.28. The molecule has 0 heterocycles. The monoisotopic (exact) mass is 161 g/mol. The van der Waals surface area contributed by atoms with Crippen LogP contribution >= 0.6 is 0 Å². The third-order valence-electron chi connectivity index (χ3n) is 1.89. The van der Waals surface area contributed by atoms with Crippen molar-refractivity contribution in [3.8, 4) is 0 Å². The zero-order valence-corrected chi connectivity index (χ0v) is 7.00. The lowest BCUT2D eigenvalue weighted by Crippen LogP contribution is -2.15. The molecule has 0 saturated carbocycles. The van der Waals surface area contributed by atoms with Crippen LogP contribution in [0, 0.1) is 5.92 Å². The molecular weight excluding hydrogens is 142 g/mol. The highest BCUT2D eigenvalue weighted by atomic mass is 16.3. The first-order valence-corrected chi connectivity index (χ1v) is 4.27. The van der Waals surface area contributed by atoms with E-state index in [4.69, 9.17) is 15.9 Å². The predicted octanol–water partition coefficient (Wildman–Crippen LogP) is 0.106. The van der Waals surface area contributed by atoms with E-state index in [1.165, 1.54) is 0 Å². The zero-order chi connectivity index (χ0) is 8.53. The van der Waals surface area contributed by atoms with Gasteiger partial charge < -0.3 is 15.9 Å². The molecule has 0 aromatic heterocycles. The van der Waals surface area contributed by atoms with E-state index in [-0.39, 0.29) is 13.2 Å². The fourth-order valence-electron chi connectivity index (χ4n) is 1.11. The molecule has 0 bridgehead atoms. The van der Waals surface area contributed by atoms with E-state index in [1.807, 2.05) is 0 Å². The number of rotatable bonds is 7. The Morgan fingerprint density at radius 1 is 1.00 bits per heavy atom. The fourth-order valence-corrected chi connectivity index (χ4v) is 1.11. The number of aliphatic hydroxyl groups is 2. The van der Waals surface area contributed by atoms with Gasteiger partial charge in [-0.05, 0) is 31.7 Å². The molecule has 1 atom stereocenters. The standard InChI is InChI=1S/C8H19NO2/c9-7-8(4-6-11)3-1-2-5-10/h8,10-11H,1-7,9H2. The van der Waals surface area contributed by atoms with Crippen LogP contribution in [0.4, 0.5) is 0 Å². The molecule has 0 amide bonds. The summed E-state index contributed by atoms with van der Waals surface area (Å²) in [5.74, 6) is 0.437. The van der Waals surface area contributed by atoms with Crippen molar-refractivity contribution in [1.29, 1.82) is 0 Å². The Bertz CT molecular complexity index is 78.5. The molecule has 0 spiro atoms. The van der Waals surface area contributed by atoms with Crippen molar-refractivity contribution >= 4 is 0 Å². The van der Waals surface area contributed by atoms with Gasteiger partial charge in [0, 0.05) is 13.2 Å². The van der Waals surface area contributed by atoms with Crippen LogP contribution in [0.15, 0.2) is 0 Å². The summed E-state index contributed by atoms with van der Waals surface area (Å²) in [6, 6.07) is 0. The van der Waals surface area contributed by atoms with Gasteiger partial charge in [-0.15, -0.1) is 0 Å². The van der Waals surface area contributed by atoms with Crippen LogP contribution in [-0.4, -0.2) is 30.0 Å². The molecule has 0 saturated heterocycles. The van der Waals surface area contributed by atoms with Crippen molar-refractivity contribution in [3.63, 3.8) is 0 Å². The van der Waals surface area contributed by atoms with E-state index in [0.717, 1.165) is 25.7 Å². The van der Waals surface area contributed by atoms with Gasteiger partial charge in [-0.1, -0.05) is 6.42 Å². The minimum Gasteiger partial charge on any atom is -0.396 e. The number of unbranched alkanes of at least 4 members (excludes halogenated alkanes) is 1. The van der Waals surface area contributed by atoms with Gasteiger partial charge >= 0.3 is 0 Å². The first kappa shape index (κ1) is 10.9. The maximum Gasteiger partial charge on any atom is 0.0434 e.